The molecule has 2 aromatic carbocycles. The van der Waals surface area contributed by atoms with Gasteiger partial charge in [-0.15, -0.1) is 0 Å². The topological polar surface area (TPSA) is 106 Å². The molecule has 31 heavy (non-hydrogen) atoms. The van der Waals surface area contributed by atoms with Gasteiger partial charge in [-0.25, -0.2) is 13.1 Å². The van der Waals surface area contributed by atoms with Gasteiger partial charge in [-0.2, -0.15) is 0 Å². The van der Waals surface area contributed by atoms with E-state index in [-0.39, 0.29) is 17.9 Å². The van der Waals surface area contributed by atoms with E-state index in [4.69, 9.17) is 21.4 Å². The minimum atomic E-state index is -3.66. The Morgan fingerprint density at radius 2 is 1.74 bits per heavy atom. The number of hydrogen-bond donors (Lipinski definition) is 2. The maximum atomic E-state index is 12.4. The molecule has 1 heterocycles. The van der Waals surface area contributed by atoms with Crippen molar-refractivity contribution >= 4 is 27.6 Å². The van der Waals surface area contributed by atoms with Crippen LogP contribution < -0.4 is 9.46 Å². The van der Waals surface area contributed by atoms with Crippen molar-refractivity contribution in [3.8, 4) is 11.5 Å². The van der Waals surface area contributed by atoms with Crippen molar-refractivity contribution in [3.63, 3.8) is 0 Å². The van der Waals surface area contributed by atoms with Crippen LogP contribution >= 0.6 is 11.6 Å². The summed E-state index contributed by atoms with van der Waals surface area (Å²) in [5.74, 6) is 0.189. The second-order valence-electron chi connectivity index (χ2n) is 6.77. The number of ether oxygens (including phenoxy) is 1. The highest BCUT2D eigenvalue weighted by atomic mass is 35.5. The number of pyridine rings is 1. The van der Waals surface area contributed by atoms with Gasteiger partial charge < -0.3 is 9.84 Å². The first-order valence-corrected chi connectivity index (χ1v) is 11.4. The van der Waals surface area contributed by atoms with Crippen LogP contribution in [0.2, 0.25) is 5.02 Å². The van der Waals surface area contributed by atoms with Gasteiger partial charge in [0.15, 0.2) is 0 Å². The van der Waals surface area contributed by atoms with E-state index in [1.807, 2.05) is 6.07 Å². The zero-order valence-electron chi connectivity index (χ0n) is 16.5. The fourth-order valence-corrected chi connectivity index (χ4v) is 4.06. The summed E-state index contributed by atoms with van der Waals surface area (Å²) in [4.78, 5) is 15.1. The molecule has 0 spiro atoms. The molecule has 0 bridgehead atoms. The Morgan fingerprint density at radius 1 is 1.03 bits per heavy atom. The quantitative estimate of drug-likeness (QED) is 0.472. The van der Waals surface area contributed by atoms with Gasteiger partial charge in [0.2, 0.25) is 10.0 Å². The van der Waals surface area contributed by atoms with Crippen molar-refractivity contribution in [2.24, 2.45) is 0 Å². The van der Waals surface area contributed by atoms with Crippen LogP contribution in [0.5, 0.6) is 11.5 Å². The molecule has 0 radical (unpaired) electrons. The number of aryl methyl sites for hydroxylation is 1. The Balaban J connectivity index is 1.72. The third kappa shape index (κ3) is 7.06. The van der Waals surface area contributed by atoms with E-state index in [0.717, 1.165) is 11.1 Å². The Bertz CT molecular complexity index is 1140. The van der Waals surface area contributed by atoms with Crippen LogP contribution in [0, 0.1) is 0 Å². The molecule has 0 aliphatic carbocycles. The lowest BCUT2D eigenvalue weighted by Crippen LogP contribution is -2.26. The second kappa shape index (κ2) is 10.4. The van der Waals surface area contributed by atoms with Crippen molar-refractivity contribution in [1.82, 2.24) is 9.71 Å². The van der Waals surface area contributed by atoms with Crippen LogP contribution in [-0.2, 0) is 27.7 Å². The fraction of sp³-hybridized carbons (Fsp3) is 0.182. The number of carboxylic acid groups (broad SMARTS) is 1. The normalized spacial score (nSPS) is 11.3. The average molecular weight is 461 g/mol. The minimum Gasteiger partial charge on any atom is -0.481 e. The highest BCUT2D eigenvalue weighted by Crippen LogP contribution is 2.24. The zero-order valence-corrected chi connectivity index (χ0v) is 18.1. The molecule has 0 fully saturated rings. The predicted octanol–water partition coefficient (Wildman–Crippen LogP) is 4.07. The first-order valence-electron chi connectivity index (χ1n) is 9.49. The Hall–Kier alpha value is -2.94. The van der Waals surface area contributed by atoms with Crippen molar-refractivity contribution < 1.29 is 23.1 Å². The summed E-state index contributed by atoms with van der Waals surface area (Å²) in [6.45, 7) is 0.166. The molecule has 0 atom stereocenters. The van der Waals surface area contributed by atoms with Gasteiger partial charge >= 0.3 is 5.97 Å². The molecule has 162 valence electrons. The molecule has 1 aromatic heterocycles. The number of carboxylic acids is 1. The number of halogens is 1. The van der Waals surface area contributed by atoms with Crippen LogP contribution in [0.25, 0.3) is 0 Å². The van der Waals surface area contributed by atoms with E-state index in [0.29, 0.717) is 29.4 Å². The minimum absolute atomic E-state index is 0.0149. The predicted molar refractivity (Wildman–Crippen MR) is 117 cm³/mol. The molecular weight excluding hydrogens is 440 g/mol. The number of sulfonamides is 1. The van der Waals surface area contributed by atoms with Crippen molar-refractivity contribution in [2.75, 3.05) is 6.54 Å². The SMILES string of the molecule is O=C(O)CCc1cc(CCNS(=O)(=O)c2ccc(Cl)cc2)cc(Oc2cccnc2)c1. The number of carbonyl (C=O) groups is 1. The number of nitrogens with zero attached hydrogens (tertiary/aromatic N) is 1. The molecule has 0 aliphatic rings. The number of benzene rings is 2. The number of rotatable bonds is 10. The standard InChI is InChI=1S/C22H21ClN2O5S/c23-18-4-6-21(7-5-18)31(28,29)25-11-9-17-12-16(3-8-22(26)27)13-20(14-17)30-19-2-1-10-24-15-19/h1-2,4-7,10,12-15,25H,3,8-9,11H2,(H,26,27). The monoisotopic (exact) mass is 460 g/mol. The molecule has 2 N–H and O–H groups in total. The Kier molecular flexibility index (Phi) is 7.62. The molecule has 0 aliphatic heterocycles. The van der Waals surface area contributed by atoms with Crippen LogP contribution in [0.3, 0.4) is 0 Å². The number of nitrogens with one attached hydrogen (secondary N) is 1. The summed E-state index contributed by atoms with van der Waals surface area (Å²) in [5.41, 5.74) is 1.61. The summed E-state index contributed by atoms with van der Waals surface area (Å²) in [7, 11) is -3.66. The van der Waals surface area contributed by atoms with E-state index >= 15 is 0 Å². The van der Waals surface area contributed by atoms with Crippen LogP contribution in [0.1, 0.15) is 17.5 Å². The van der Waals surface area contributed by atoms with E-state index in [1.165, 1.54) is 24.3 Å². The van der Waals surface area contributed by atoms with Crippen molar-refractivity contribution in [3.05, 3.63) is 83.1 Å². The lowest BCUT2D eigenvalue weighted by molar-refractivity contribution is -0.136. The first kappa shape index (κ1) is 22.7. The van der Waals surface area contributed by atoms with Gasteiger partial charge in [-0.1, -0.05) is 17.7 Å². The molecular formula is C22H21ClN2O5S. The summed E-state index contributed by atoms with van der Waals surface area (Å²) < 4.78 is 33.3. The molecule has 0 unspecified atom stereocenters. The molecule has 0 saturated heterocycles. The number of aromatic nitrogens is 1. The Morgan fingerprint density at radius 3 is 2.39 bits per heavy atom. The lowest BCUT2D eigenvalue weighted by atomic mass is 10.0. The van der Waals surface area contributed by atoms with E-state index in [9.17, 15) is 13.2 Å². The van der Waals surface area contributed by atoms with Crippen LogP contribution in [0.15, 0.2) is 71.9 Å². The van der Waals surface area contributed by atoms with Crippen LogP contribution in [-0.4, -0.2) is 31.0 Å². The zero-order chi connectivity index (χ0) is 22.3. The first-order chi connectivity index (χ1) is 14.8. The molecule has 9 heteroatoms. The molecule has 3 rings (SSSR count). The van der Waals surface area contributed by atoms with E-state index < -0.39 is 16.0 Å². The lowest BCUT2D eigenvalue weighted by Gasteiger charge is -2.12. The third-order valence-corrected chi connectivity index (χ3v) is 6.08. The molecule has 3 aromatic rings. The van der Waals surface area contributed by atoms with Crippen molar-refractivity contribution in [2.45, 2.75) is 24.2 Å². The number of hydrogen-bond acceptors (Lipinski definition) is 5. The van der Waals surface area contributed by atoms with E-state index in [2.05, 4.69) is 9.71 Å². The highest BCUT2D eigenvalue weighted by Gasteiger charge is 2.13. The van der Waals surface area contributed by atoms with Crippen molar-refractivity contribution in [1.29, 1.82) is 0 Å². The third-order valence-electron chi connectivity index (χ3n) is 4.35. The van der Waals surface area contributed by atoms with Gasteiger partial charge in [0, 0.05) is 24.2 Å². The van der Waals surface area contributed by atoms with Gasteiger partial charge in [-0.05, 0) is 72.5 Å². The number of aliphatic carboxylic acids is 1. The molecule has 0 saturated carbocycles. The smallest absolute Gasteiger partial charge is 0.303 e. The van der Waals surface area contributed by atoms with Gasteiger partial charge in [-0.3, -0.25) is 9.78 Å². The summed E-state index contributed by atoms with van der Waals surface area (Å²) >= 11 is 5.81. The molecule has 0 amide bonds. The summed E-state index contributed by atoms with van der Waals surface area (Å²) in [6.07, 6.45) is 3.93. The van der Waals surface area contributed by atoms with Crippen LogP contribution in [0.4, 0.5) is 0 Å². The maximum Gasteiger partial charge on any atom is 0.303 e. The van der Waals surface area contributed by atoms with Gasteiger partial charge in [0.1, 0.15) is 11.5 Å². The summed E-state index contributed by atoms with van der Waals surface area (Å²) in [5, 5.41) is 9.44. The Labute approximate surface area is 185 Å². The molecule has 7 nitrogen and oxygen atoms in total. The van der Waals surface area contributed by atoms with Gasteiger partial charge in [0.05, 0.1) is 11.1 Å². The summed E-state index contributed by atoms with van der Waals surface area (Å²) in [6, 6.07) is 14.9. The largest absolute Gasteiger partial charge is 0.481 e. The average Bonchev–Trinajstić information content (AvgIpc) is 2.73. The fourth-order valence-electron chi connectivity index (χ4n) is 2.90. The van der Waals surface area contributed by atoms with E-state index in [1.54, 1.807) is 36.7 Å². The maximum absolute atomic E-state index is 12.4. The van der Waals surface area contributed by atoms with Gasteiger partial charge in [0.25, 0.3) is 0 Å². The highest BCUT2D eigenvalue weighted by molar-refractivity contribution is 7.89. The second-order valence-corrected chi connectivity index (χ2v) is 8.97.